The fourth-order valence-electron chi connectivity index (χ4n) is 0. The maximum atomic E-state index is 0. The standard InChI is InChI=1S/3ClH.K.Mg.H2O/h3*1H;;;1H2/q;;;+1;+2;/p-3. The number of hydrogen-bond acceptors (Lipinski definition) is 0. The molecule has 0 radical (unpaired) electrons. The van der Waals surface area contributed by atoms with Gasteiger partial charge in [0.15, 0.2) is 0 Å². The van der Waals surface area contributed by atoms with Gasteiger partial charge in [-0.25, -0.2) is 0 Å². The molecule has 0 bridgehead atoms. The van der Waals surface area contributed by atoms with Crippen molar-refractivity contribution >= 4 is 23.1 Å². The Morgan fingerprint density at radius 2 is 0.667 bits per heavy atom. The van der Waals surface area contributed by atoms with Crippen LogP contribution in [0.5, 0.6) is 0 Å². The van der Waals surface area contributed by atoms with E-state index in [4.69, 9.17) is 0 Å². The van der Waals surface area contributed by atoms with Crippen LogP contribution in [0.3, 0.4) is 0 Å². The Morgan fingerprint density at radius 3 is 0.667 bits per heavy atom. The third kappa shape index (κ3) is 26.9. The van der Waals surface area contributed by atoms with E-state index in [-0.39, 0.29) is 117 Å². The molecular formula is H2Cl3KMgO. The normalized spacial score (nSPS) is 0. The second-order valence-corrected chi connectivity index (χ2v) is 0. The van der Waals surface area contributed by atoms with E-state index in [2.05, 4.69) is 0 Å². The summed E-state index contributed by atoms with van der Waals surface area (Å²) in [5.74, 6) is 0. The molecule has 0 aliphatic rings. The van der Waals surface area contributed by atoms with Crippen molar-refractivity contribution < 1.29 is 94.1 Å². The second-order valence-electron chi connectivity index (χ2n) is 0. The first-order chi connectivity index (χ1) is 0. The predicted molar refractivity (Wildman–Crippen MR) is 9.37 cm³/mol. The summed E-state index contributed by atoms with van der Waals surface area (Å²) >= 11 is 0. The quantitative estimate of drug-likeness (QED) is 0.338. The maximum absolute atomic E-state index is 0. The summed E-state index contributed by atoms with van der Waals surface area (Å²) in [6.45, 7) is 0. The Kier molecular flexibility index (Phi) is 411. The molecule has 6 heteroatoms. The van der Waals surface area contributed by atoms with E-state index in [0.717, 1.165) is 0 Å². The molecule has 0 saturated carbocycles. The van der Waals surface area contributed by atoms with Crippen molar-refractivity contribution in [2.45, 2.75) is 0 Å². The third-order valence-electron chi connectivity index (χ3n) is 0. The molecule has 0 aliphatic carbocycles. The van der Waals surface area contributed by atoms with Gasteiger partial charge in [0.2, 0.25) is 0 Å². The van der Waals surface area contributed by atoms with E-state index in [1.807, 2.05) is 0 Å². The molecule has 0 unspecified atom stereocenters. The van der Waals surface area contributed by atoms with Gasteiger partial charge in [-0.15, -0.1) is 0 Å². The van der Waals surface area contributed by atoms with Crippen molar-refractivity contribution in [2.75, 3.05) is 0 Å². The molecule has 32 valence electrons. The molecular weight excluding hydrogens is 186 g/mol. The molecule has 0 rings (SSSR count). The molecule has 2 N–H and O–H groups in total. The molecule has 0 amide bonds. The second kappa shape index (κ2) is 41.2. The summed E-state index contributed by atoms with van der Waals surface area (Å²) in [5.41, 5.74) is 0. The van der Waals surface area contributed by atoms with Crippen LogP contribution in [0.15, 0.2) is 0 Å². The number of hydrogen-bond donors (Lipinski definition) is 0. The minimum absolute atomic E-state index is 0. The van der Waals surface area contributed by atoms with E-state index in [1.165, 1.54) is 0 Å². The van der Waals surface area contributed by atoms with E-state index >= 15 is 0 Å². The predicted octanol–water partition coefficient (Wildman–Crippen LogP) is -13.2. The fraction of sp³-hybridized carbons (Fsp3) is 0. The van der Waals surface area contributed by atoms with Crippen LogP contribution in [0.1, 0.15) is 0 Å². The van der Waals surface area contributed by atoms with Crippen LogP contribution in [-0.2, 0) is 0 Å². The van der Waals surface area contributed by atoms with Gasteiger partial charge in [0.1, 0.15) is 0 Å². The van der Waals surface area contributed by atoms with Crippen LogP contribution in [0.25, 0.3) is 0 Å². The average molecular weight is 188 g/mol. The summed E-state index contributed by atoms with van der Waals surface area (Å²) in [7, 11) is 0. The summed E-state index contributed by atoms with van der Waals surface area (Å²) in [6.07, 6.45) is 0. The molecule has 0 atom stereocenters. The van der Waals surface area contributed by atoms with Gasteiger partial charge >= 0.3 is 74.4 Å². The van der Waals surface area contributed by atoms with Crippen LogP contribution in [0, 0.1) is 0 Å². The van der Waals surface area contributed by atoms with Gasteiger partial charge in [-0.05, 0) is 0 Å². The van der Waals surface area contributed by atoms with Gasteiger partial charge in [-0.3, -0.25) is 0 Å². The van der Waals surface area contributed by atoms with Crippen molar-refractivity contribution in [3.63, 3.8) is 0 Å². The van der Waals surface area contributed by atoms with Crippen molar-refractivity contribution in [1.82, 2.24) is 0 Å². The topological polar surface area (TPSA) is 31.5 Å². The number of halogens is 3. The van der Waals surface area contributed by atoms with Gasteiger partial charge in [0.25, 0.3) is 0 Å². The zero-order chi connectivity index (χ0) is 0. The van der Waals surface area contributed by atoms with Crippen molar-refractivity contribution in [1.29, 1.82) is 0 Å². The van der Waals surface area contributed by atoms with Crippen molar-refractivity contribution in [2.24, 2.45) is 0 Å². The van der Waals surface area contributed by atoms with Crippen LogP contribution < -0.4 is 88.6 Å². The SMILES string of the molecule is O.[Cl-].[Cl-].[Cl-].[K+].[Mg+2]. The molecule has 1 nitrogen and oxygen atoms in total. The van der Waals surface area contributed by atoms with Crippen LogP contribution in [0.2, 0.25) is 0 Å². The van der Waals surface area contributed by atoms with E-state index in [1.54, 1.807) is 0 Å². The van der Waals surface area contributed by atoms with Gasteiger partial charge in [-0.2, -0.15) is 0 Å². The zero-order valence-corrected chi connectivity index (χ0v) is 10.1. The van der Waals surface area contributed by atoms with E-state index < -0.39 is 0 Å². The molecule has 0 aromatic rings. The molecule has 0 aromatic carbocycles. The van der Waals surface area contributed by atoms with Crippen molar-refractivity contribution in [3.8, 4) is 0 Å². The van der Waals surface area contributed by atoms with Crippen LogP contribution in [0.4, 0.5) is 0 Å². The maximum Gasteiger partial charge on any atom is 2.00 e. The molecule has 0 aliphatic heterocycles. The minimum atomic E-state index is 0. The van der Waals surface area contributed by atoms with Gasteiger partial charge in [0, 0.05) is 0 Å². The molecule has 6 heavy (non-hydrogen) atoms. The Hall–Kier alpha value is 3.23. The molecule has 0 spiro atoms. The minimum Gasteiger partial charge on any atom is -1.00 e. The van der Waals surface area contributed by atoms with Crippen LogP contribution >= 0.6 is 0 Å². The van der Waals surface area contributed by atoms with Crippen molar-refractivity contribution in [3.05, 3.63) is 0 Å². The molecule has 0 fully saturated rings. The molecule has 0 aromatic heterocycles. The van der Waals surface area contributed by atoms with Gasteiger partial charge in [-0.1, -0.05) is 0 Å². The Bertz CT molecular complexity index is 10.8. The fourth-order valence-corrected chi connectivity index (χ4v) is 0. The first-order valence-electron chi connectivity index (χ1n) is 0. The first-order valence-corrected chi connectivity index (χ1v) is 0. The third-order valence-corrected chi connectivity index (χ3v) is 0. The summed E-state index contributed by atoms with van der Waals surface area (Å²) in [6, 6.07) is 0. The number of rotatable bonds is 0. The van der Waals surface area contributed by atoms with Gasteiger partial charge < -0.3 is 42.7 Å². The Labute approximate surface area is 115 Å². The Morgan fingerprint density at radius 1 is 0.667 bits per heavy atom. The van der Waals surface area contributed by atoms with E-state index in [9.17, 15) is 0 Å². The monoisotopic (exact) mass is 186 g/mol. The van der Waals surface area contributed by atoms with Gasteiger partial charge in [0.05, 0.1) is 0 Å². The summed E-state index contributed by atoms with van der Waals surface area (Å²) in [5, 5.41) is 0. The summed E-state index contributed by atoms with van der Waals surface area (Å²) < 4.78 is 0. The molecule has 0 heterocycles. The van der Waals surface area contributed by atoms with E-state index in [0.29, 0.717) is 0 Å². The molecule has 0 saturated heterocycles. The zero-order valence-electron chi connectivity index (χ0n) is 3.34. The smallest absolute Gasteiger partial charge is 1.00 e. The average Bonchev–Trinajstić information content (AvgIpc) is 0. The van der Waals surface area contributed by atoms with Crippen LogP contribution in [-0.4, -0.2) is 28.5 Å². The summed E-state index contributed by atoms with van der Waals surface area (Å²) in [4.78, 5) is 0. The first kappa shape index (κ1) is 59.9. The Balaban J connectivity index is 0. The largest absolute Gasteiger partial charge is 2.00 e.